The highest BCUT2D eigenvalue weighted by Crippen LogP contribution is 2.27. The van der Waals surface area contributed by atoms with Crippen molar-refractivity contribution in [1.82, 2.24) is 0 Å². The summed E-state index contributed by atoms with van der Waals surface area (Å²) in [4.78, 5) is 11.5. The first kappa shape index (κ1) is 13.9. The molecule has 0 aliphatic rings. The molecule has 3 nitrogen and oxygen atoms in total. The summed E-state index contributed by atoms with van der Waals surface area (Å²) >= 11 is 3.19. The van der Waals surface area contributed by atoms with Gasteiger partial charge in [-0.3, -0.25) is 0 Å². The number of carbonyl (C=O) groups excluding carboxylic acids is 1. The van der Waals surface area contributed by atoms with Crippen LogP contribution in [0.15, 0.2) is 12.1 Å². The Hall–Kier alpha value is -1.17. The van der Waals surface area contributed by atoms with Gasteiger partial charge in [0.15, 0.2) is 0 Å². The molecule has 1 aromatic carbocycles. The average molecular weight is 309 g/mol. The summed E-state index contributed by atoms with van der Waals surface area (Å²) in [5.41, 5.74) is 1.22. The molecule has 0 unspecified atom stereocenters. The Morgan fingerprint density at radius 3 is 2.59 bits per heavy atom. The Kier molecular flexibility index (Phi) is 4.86. The fourth-order valence-electron chi connectivity index (χ4n) is 1.36. The van der Waals surface area contributed by atoms with E-state index < -0.39 is 12.6 Å². The van der Waals surface area contributed by atoms with Gasteiger partial charge in [-0.2, -0.15) is 8.78 Å². The Morgan fingerprint density at radius 1 is 1.47 bits per heavy atom. The molecule has 0 bridgehead atoms. The molecule has 0 spiro atoms. The second kappa shape index (κ2) is 5.95. The topological polar surface area (TPSA) is 35.5 Å². The minimum absolute atomic E-state index is 0.0163. The number of ether oxygens (including phenoxy) is 2. The van der Waals surface area contributed by atoms with Crippen LogP contribution in [0, 0.1) is 6.92 Å². The molecule has 0 aromatic heterocycles. The SMILES string of the molecule is COC(=O)c1cc(CBr)cc(OC(F)F)c1C. The molecule has 1 aromatic rings. The van der Waals surface area contributed by atoms with E-state index >= 15 is 0 Å². The molecule has 0 heterocycles. The van der Waals surface area contributed by atoms with Gasteiger partial charge in [-0.15, -0.1) is 0 Å². The van der Waals surface area contributed by atoms with Crippen molar-refractivity contribution in [2.75, 3.05) is 7.11 Å². The minimum atomic E-state index is -2.93. The highest BCUT2D eigenvalue weighted by Gasteiger charge is 2.17. The molecule has 17 heavy (non-hydrogen) atoms. The molecular formula is C11H11BrF2O3. The maximum Gasteiger partial charge on any atom is 0.387 e. The Balaban J connectivity index is 3.25. The molecule has 6 heteroatoms. The lowest BCUT2D eigenvalue weighted by Gasteiger charge is -2.12. The molecule has 0 radical (unpaired) electrons. The lowest BCUT2D eigenvalue weighted by atomic mass is 10.0. The third-order valence-corrected chi connectivity index (χ3v) is 2.84. The van der Waals surface area contributed by atoms with Gasteiger partial charge in [-0.05, 0) is 24.6 Å². The maximum atomic E-state index is 12.2. The number of alkyl halides is 3. The number of halogens is 3. The molecular weight excluding hydrogens is 298 g/mol. The van der Waals surface area contributed by atoms with Gasteiger partial charge in [-0.1, -0.05) is 15.9 Å². The summed E-state index contributed by atoms with van der Waals surface area (Å²) in [6, 6.07) is 3.04. The van der Waals surface area contributed by atoms with Crippen LogP contribution in [-0.2, 0) is 10.1 Å². The number of carbonyl (C=O) groups is 1. The normalized spacial score (nSPS) is 10.5. The summed E-state index contributed by atoms with van der Waals surface area (Å²) in [7, 11) is 1.23. The quantitative estimate of drug-likeness (QED) is 0.632. The zero-order chi connectivity index (χ0) is 13.0. The van der Waals surface area contributed by atoms with Crippen LogP contribution in [0.2, 0.25) is 0 Å². The predicted octanol–water partition coefficient (Wildman–Crippen LogP) is 3.28. The van der Waals surface area contributed by atoms with Crippen molar-refractivity contribution < 1.29 is 23.0 Å². The Morgan fingerprint density at radius 2 is 2.12 bits per heavy atom. The van der Waals surface area contributed by atoms with Crippen LogP contribution in [-0.4, -0.2) is 19.7 Å². The monoisotopic (exact) mass is 308 g/mol. The van der Waals surface area contributed by atoms with Crippen LogP contribution in [0.4, 0.5) is 8.78 Å². The van der Waals surface area contributed by atoms with E-state index in [4.69, 9.17) is 0 Å². The first-order valence-electron chi connectivity index (χ1n) is 4.72. The number of esters is 1. The van der Waals surface area contributed by atoms with Crippen LogP contribution < -0.4 is 4.74 Å². The third-order valence-electron chi connectivity index (χ3n) is 2.20. The van der Waals surface area contributed by atoms with Crippen molar-refractivity contribution in [3.63, 3.8) is 0 Å². The molecule has 1 rings (SSSR count). The van der Waals surface area contributed by atoms with E-state index in [0.29, 0.717) is 16.5 Å². The number of methoxy groups -OCH3 is 1. The number of benzene rings is 1. The Bertz CT molecular complexity index is 421. The standard InChI is InChI=1S/C11H11BrF2O3/c1-6-8(10(15)16-2)3-7(5-12)4-9(6)17-11(13)14/h3-4,11H,5H2,1-2H3. The lowest BCUT2D eigenvalue weighted by Crippen LogP contribution is -2.09. The summed E-state index contributed by atoms with van der Waals surface area (Å²) < 4.78 is 33.3. The predicted molar refractivity (Wildman–Crippen MR) is 61.8 cm³/mol. The van der Waals surface area contributed by atoms with Gasteiger partial charge in [0.05, 0.1) is 12.7 Å². The average Bonchev–Trinajstić information content (AvgIpc) is 2.30. The molecule has 0 saturated carbocycles. The van der Waals surface area contributed by atoms with E-state index in [9.17, 15) is 13.6 Å². The van der Waals surface area contributed by atoms with Crippen molar-refractivity contribution in [2.24, 2.45) is 0 Å². The third kappa shape index (κ3) is 3.39. The van der Waals surface area contributed by atoms with Crippen molar-refractivity contribution in [3.8, 4) is 5.75 Å². The summed E-state index contributed by atoms with van der Waals surface area (Å²) in [5.74, 6) is -0.596. The highest BCUT2D eigenvalue weighted by molar-refractivity contribution is 9.08. The highest BCUT2D eigenvalue weighted by atomic mass is 79.9. The van der Waals surface area contributed by atoms with Crippen LogP contribution in [0.25, 0.3) is 0 Å². The molecule has 0 amide bonds. The largest absolute Gasteiger partial charge is 0.465 e. The van der Waals surface area contributed by atoms with E-state index in [1.54, 1.807) is 6.07 Å². The summed E-state index contributed by atoms with van der Waals surface area (Å²) in [6.07, 6.45) is 0. The van der Waals surface area contributed by atoms with Crippen LogP contribution >= 0.6 is 15.9 Å². The fourth-order valence-corrected chi connectivity index (χ4v) is 1.69. The van der Waals surface area contributed by atoms with Crippen molar-refractivity contribution in [3.05, 3.63) is 28.8 Å². The van der Waals surface area contributed by atoms with Gasteiger partial charge >= 0.3 is 12.6 Å². The van der Waals surface area contributed by atoms with E-state index in [-0.39, 0.29) is 11.3 Å². The van der Waals surface area contributed by atoms with Crippen molar-refractivity contribution in [2.45, 2.75) is 18.9 Å². The molecule has 0 saturated heterocycles. The van der Waals surface area contributed by atoms with Crippen molar-refractivity contribution >= 4 is 21.9 Å². The Labute approximate surface area is 106 Å². The summed E-state index contributed by atoms with van der Waals surface area (Å²) in [5, 5.41) is 0.427. The van der Waals surface area contributed by atoms with Gasteiger partial charge in [0.1, 0.15) is 5.75 Å². The number of rotatable bonds is 4. The maximum absolute atomic E-state index is 12.2. The molecule has 0 atom stereocenters. The first-order chi connectivity index (χ1) is 7.99. The van der Waals surface area contributed by atoms with Gasteiger partial charge in [0.25, 0.3) is 0 Å². The van der Waals surface area contributed by atoms with E-state index in [2.05, 4.69) is 25.4 Å². The first-order valence-corrected chi connectivity index (χ1v) is 5.84. The van der Waals surface area contributed by atoms with E-state index in [1.165, 1.54) is 20.1 Å². The van der Waals surface area contributed by atoms with Gasteiger partial charge in [-0.25, -0.2) is 4.79 Å². The lowest BCUT2D eigenvalue weighted by molar-refractivity contribution is -0.0504. The van der Waals surface area contributed by atoms with Gasteiger partial charge < -0.3 is 9.47 Å². The molecule has 0 fully saturated rings. The fraction of sp³-hybridized carbons (Fsp3) is 0.364. The summed E-state index contributed by atoms with van der Waals surface area (Å²) in [6.45, 7) is -1.40. The smallest absolute Gasteiger partial charge is 0.387 e. The van der Waals surface area contributed by atoms with E-state index in [0.717, 1.165) is 0 Å². The van der Waals surface area contributed by atoms with Crippen LogP contribution in [0.5, 0.6) is 5.75 Å². The molecule has 0 aliphatic carbocycles. The van der Waals surface area contributed by atoms with Crippen LogP contribution in [0.3, 0.4) is 0 Å². The van der Waals surface area contributed by atoms with Gasteiger partial charge in [0.2, 0.25) is 0 Å². The zero-order valence-corrected chi connectivity index (χ0v) is 10.9. The van der Waals surface area contributed by atoms with E-state index in [1.807, 2.05) is 0 Å². The zero-order valence-electron chi connectivity index (χ0n) is 9.30. The van der Waals surface area contributed by atoms with Crippen LogP contribution in [0.1, 0.15) is 21.5 Å². The molecule has 0 aliphatic heterocycles. The second-order valence-electron chi connectivity index (χ2n) is 3.27. The minimum Gasteiger partial charge on any atom is -0.465 e. The van der Waals surface area contributed by atoms with Gasteiger partial charge in [0, 0.05) is 10.9 Å². The number of hydrogen-bond acceptors (Lipinski definition) is 3. The number of hydrogen-bond donors (Lipinski definition) is 0. The molecule has 94 valence electrons. The van der Waals surface area contributed by atoms with Crippen molar-refractivity contribution in [1.29, 1.82) is 0 Å². The molecule has 0 N–H and O–H groups in total. The second-order valence-corrected chi connectivity index (χ2v) is 3.83.